The highest BCUT2D eigenvalue weighted by Gasteiger charge is 2.39. The first kappa shape index (κ1) is 17.0. The maximum absolute atomic E-state index is 12.8. The third-order valence-corrected chi connectivity index (χ3v) is 4.71. The molecule has 6 heteroatoms. The summed E-state index contributed by atoms with van der Waals surface area (Å²) in [7, 11) is 0. The Morgan fingerprint density at radius 1 is 1.04 bits per heavy atom. The Kier molecular flexibility index (Phi) is 4.24. The Hall–Kier alpha value is -3.41. The lowest BCUT2D eigenvalue weighted by molar-refractivity contribution is -0.121. The number of nitrogens with one attached hydrogen (secondary N) is 1. The molecular weight excluding hydrogens is 344 g/mol. The summed E-state index contributed by atoms with van der Waals surface area (Å²) in [6, 6.07) is 15.0. The second kappa shape index (κ2) is 6.72. The first-order valence-corrected chi connectivity index (χ1v) is 8.81. The lowest BCUT2D eigenvalue weighted by Gasteiger charge is -2.16. The molecule has 27 heavy (non-hydrogen) atoms. The summed E-state index contributed by atoms with van der Waals surface area (Å²) in [5.74, 6) is -0.502. The fourth-order valence-corrected chi connectivity index (χ4v) is 3.26. The van der Waals surface area contributed by atoms with Crippen molar-refractivity contribution in [2.75, 3.05) is 10.2 Å². The fourth-order valence-electron chi connectivity index (χ4n) is 3.26. The predicted molar refractivity (Wildman–Crippen MR) is 103 cm³/mol. The number of benzene rings is 2. The number of anilines is 2. The van der Waals surface area contributed by atoms with Gasteiger partial charge < -0.3 is 9.73 Å². The second-order valence-corrected chi connectivity index (χ2v) is 6.50. The van der Waals surface area contributed by atoms with Crippen molar-refractivity contribution in [2.45, 2.75) is 25.8 Å². The van der Waals surface area contributed by atoms with E-state index >= 15 is 0 Å². The average molecular weight is 362 g/mol. The van der Waals surface area contributed by atoms with Crippen LogP contribution in [0.15, 0.2) is 63.8 Å². The molecule has 3 aromatic rings. The van der Waals surface area contributed by atoms with Crippen molar-refractivity contribution in [3.8, 4) is 0 Å². The minimum Gasteiger partial charge on any atom is -0.423 e. The number of carbonyl (C=O) groups excluding carboxylic acids is 2. The van der Waals surface area contributed by atoms with E-state index in [4.69, 9.17) is 4.42 Å². The van der Waals surface area contributed by atoms with Gasteiger partial charge in [0.05, 0.1) is 12.1 Å². The van der Waals surface area contributed by atoms with Crippen molar-refractivity contribution in [3.05, 3.63) is 70.6 Å². The Morgan fingerprint density at radius 3 is 2.56 bits per heavy atom. The van der Waals surface area contributed by atoms with Gasteiger partial charge in [-0.2, -0.15) is 0 Å². The zero-order chi connectivity index (χ0) is 19.0. The van der Waals surface area contributed by atoms with E-state index in [2.05, 4.69) is 12.2 Å². The Morgan fingerprint density at radius 2 is 1.81 bits per heavy atom. The van der Waals surface area contributed by atoms with Gasteiger partial charge in [0.15, 0.2) is 0 Å². The highest BCUT2D eigenvalue weighted by molar-refractivity contribution is 6.23. The topological polar surface area (TPSA) is 79.6 Å². The smallest absolute Gasteiger partial charge is 0.336 e. The van der Waals surface area contributed by atoms with Gasteiger partial charge in [-0.05, 0) is 48.4 Å². The largest absolute Gasteiger partial charge is 0.423 e. The van der Waals surface area contributed by atoms with E-state index < -0.39 is 11.7 Å². The zero-order valence-electron chi connectivity index (χ0n) is 14.8. The molecule has 2 amide bonds. The average Bonchev–Trinajstić information content (AvgIpc) is 2.95. The van der Waals surface area contributed by atoms with Gasteiger partial charge in [-0.3, -0.25) is 9.59 Å². The number of hydrogen-bond acceptors (Lipinski definition) is 5. The minimum absolute atomic E-state index is 0.0935. The van der Waals surface area contributed by atoms with Crippen LogP contribution in [0, 0.1) is 0 Å². The molecular formula is C21H18N2O4. The number of hydrogen-bond donors (Lipinski definition) is 1. The van der Waals surface area contributed by atoms with Crippen LogP contribution in [0.2, 0.25) is 0 Å². The monoisotopic (exact) mass is 362 g/mol. The molecule has 136 valence electrons. The van der Waals surface area contributed by atoms with Crippen LogP contribution in [-0.4, -0.2) is 17.9 Å². The standard InChI is InChI=1S/C21H18N2O4/c1-2-13-3-7-16(8-4-13)23-19(24)12-17(21(23)26)22-15-6-9-18-14(11-15)5-10-20(25)27-18/h3-11,17,22H,2,12H2,1H3. The highest BCUT2D eigenvalue weighted by Crippen LogP contribution is 2.26. The third-order valence-electron chi connectivity index (χ3n) is 4.71. The number of carbonyl (C=O) groups is 2. The van der Waals surface area contributed by atoms with Crippen molar-refractivity contribution in [3.63, 3.8) is 0 Å². The Labute approximate surface area is 155 Å². The van der Waals surface area contributed by atoms with E-state index in [0.29, 0.717) is 17.0 Å². The number of nitrogens with zero attached hydrogens (tertiary/aromatic N) is 1. The van der Waals surface area contributed by atoms with Crippen LogP contribution in [0.1, 0.15) is 18.9 Å². The summed E-state index contributed by atoms with van der Waals surface area (Å²) >= 11 is 0. The maximum Gasteiger partial charge on any atom is 0.336 e. The molecule has 1 saturated heterocycles. The van der Waals surface area contributed by atoms with Crippen LogP contribution in [0.5, 0.6) is 0 Å². The number of rotatable bonds is 4. The molecule has 0 bridgehead atoms. The summed E-state index contributed by atoms with van der Waals surface area (Å²) < 4.78 is 5.11. The van der Waals surface area contributed by atoms with E-state index in [1.54, 1.807) is 36.4 Å². The van der Waals surface area contributed by atoms with Crippen LogP contribution >= 0.6 is 0 Å². The zero-order valence-corrected chi connectivity index (χ0v) is 14.8. The summed E-state index contributed by atoms with van der Waals surface area (Å²) in [5, 5.41) is 3.86. The molecule has 0 saturated carbocycles. The molecule has 1 aliphatic rings. The van der Waals surface area contributed by atoms with E-state index in [1.165, 1.54) is 11.0 Å². The van der Waals surface area contributed by atoms with Crippen molar-refractivity contribution >= 4 is 34.2 Å². The van der Waals surface area contributed by atoms with Crippen molar-refractivity contribution in [1.29, 1.82) is 0 Å². The molecule has 2 heterocycles. The fraction of sp³-hybridized carbons (Fsp3) is 0.190. The van der Waals surface area contributed by atoms with Crippen LogP contribution in [-0.2, 0) is 16.0 Å². The first-order chi connectivity index (χ1) is 13.0. The Balaban J connectivity index is 1.56. The van der Waals surface area contributed by atoms with Gasteiger partial charge in [0.1, 0.15) is 11.6 Å². The molecule has 0 radical (unpaired) electrons. The maximum atomic E-state index is 12.8. The molecule has 1 fully saturated rings. The molecule has 1 unspecified atom stereocenters. The number of fused-ring (bicyclic) bond motifs is 1. The van der Waals surface area contributed by atoms with Gasteiger partial charge in [-0.25, -0.2) is 9.69 Å². The van der Waals surface area contributed by atoms with Gasteiger partial charge in [0.2, 0.25) is 5.91 Å². The first-order valence-electron chi connectivity index (χ1n) is 8.81. The minimum atomic E-state index is -0.628. The van der Waals surface area contributed by atoms with E-state index in [-0.39, 0.29) is 18.2 Å². The molecule has 0 spiro atoms. The molecule has 2 aromatic carbocycles. The van der Waals surface area contributed by atoms with E-state index in [9.17, 15) is 14.4 Å². The van der Waals surface area contributed by atoms with Crippen molar-refractivity contribution in [1.82, 2.24) is 0 Å². The molecule has 0 aliphatic carbocycles. The van der Waals surface area contributed by atoms with Crippen LogP contribution in [0.25, 0.3) is 11.0 Å². The predicted octanol–water partition coefficient (Wildman–Crippen LogP) is 3.10. The van der Waals surface area contributed by atoms with Gasteiger partial charge in [0.25, 0.3) is 5.91 Å². The Bertz CT molecular complexity index is 1090. The van der Waals surface area contributed by atoms with E-state index in [1.807, 2.05) is 12.1 Å². The molecule has 1 aliphatic heterocycles. The molecule has 1 atom stereocenters. The second-order valence-electron chi connectivity index (χ2n) is 6.50. The molecule has 4 rings (SSSR count). The number of amides is 2. The molecule has 1 aromatic heterocycles. The van der Waals surface area contributed by atoms with Gasteiger partial charge in [-0.15, -0.1) is 0 Å². The third kappa shape index (κ3) is 3.21. The van der Waals surface area contributed by atoms with Gasteiger partial charge in [-0.1, -0.05) is 19.1 Å². The highest BCUT2D eigenvalue weighted by atomic mass is 16.4. The van der Waals surface area contributed by atoms with Gasteiger partial charge in [0, 0.05) is 17.1 Å². The molecule has 1 N–H and O–H groups in total. The lowest BCUT2D eigenvalue weighted by Crippen LogP contribution is -2.34. The lowest BCUT2D eigenvalue weighted by atomic mass is 10.1. The number of imide groups is 1. The SMILES string of the molecule is CCc1ccc(N2C(=O)CC(Nc3ccc4oc(=O)ccc4c3)C2=O)cc1. The van der Waals surface area contributed by atoms with Gasteiger partial charge >= 0.3 is 5.63 Å². The van der Waals surface area contributed by atoms with Crippen LogP contribution < -0.4 is 15.8 Å². The van der Waals surface area contributed by atoms with E-state index in [0.717, 1.165) is 17.4 Å². The normalized spacial score (nSPS) is 16.9. The molecule has 6 nitrogen and oxygen atoms in total. The quantitative estimate of drug-likeness (QED) is 0.570. The van der Waals surface area contributed by atoms with Crippen molar-refractivity contribution < 1.29 is 14.0 Å². The summed E-state index contributed by atoms with van der Waals surface area (Å²) in [6.45, 7) is 2.05. The van der Waals surface area contributed by atoms with Crippen LogP contribution in [0.3, 0.4) is 0 Å². The van der Waals surface area contributed by atoms with Crippen molar-refractivity contribution in [2.24, 2.45) is 0 Å². The summed E-state index contributed by atoms with van der Waals surface area (Å²) in [6.07, 6.45) is 0.991. The number of aryl methyl sites for hydroxylation is 1. The summed E-state index contributed by atoms with van der Waals surface area (Å²) in [4.78, 5) is 37.7. The van der Waals surface area contributed by atoms with Crippen LogP contribution in [0.4, 0.5) is 11.4 Å². The summed E-state index contributed by atoms with van der Waals surface area (Å²) in [5.41, 5.74) is 2.48.